The molecule has 268 valence electrons. The molecule has 0 unspecified atom stereocenters. The van der Waals surface area contributed by atoms with Crippen LogP contribution in [0.4, 0.5) is 34.1 Å². The Morgan fingerprint density at radius 2 is 0.836 bits per heavy atom. The Labute approximate surface area is 323 Å². The number of hydrogen-bond acceptors (Lipinski definition) is 3. The standard InChI is InChI=1S/C52H44N2O/c1-3-10-42(11-4-1)53(44-24-20-40(21-25-44)39-18-22-41(23-19-39)52-33-36-28-37(34-52)30-38(29-36)35-52)45-14-9-15-46(31-45)54(43-12-5-2-6-13-43)47-26-27-51-49(32-47)48-16-7-8-17-50(48)55-51/h1-27,31-32,36-38H,28-30,33-35H2. The summed E-state index contributed by atoms with van der Waals surface area (Å²) < 4.78 is 6.21. The van der Waals surface area contributed by atoms with Crippen LogP contribution >= 0.6 is 0 Å². The maximum atomic E-state index is 6.21. The number of fused-ring (bicyclic) bond motifs is 3. The highest BCUT2D eigenvalue weighted by Gasteiger charge is 2.51. The molecule has 3 heteroatoms. The number of para-hydroxylation sites is 3. The quantitative estimate of drug-likeness (QED) is 0.156. The summed E-state index contributed by atoms with van der Waals surface area (Å²) in [6.45, 7) is 0. The minimum atomic E-state index is 0.429. The summed E-state index contributed by atoms with van der Waals surface area (Å²) in [6, 6.07) is 63.8. The predicted molar refractivity (Wildman–Crippen MR) is 228 cm³/mol. The molecule has 0 atom stereocenters. The van der Waals surface area contributed by atoms with Gasteiger partial charge in [-0.15, -0.1) is 0 Å². The van der Waals surface area contributed by atoms with Crippen molar-refractivity contribution in [2.24, 2.45) is 17.8 Å². The van der Waals surface area contributed by atoms with Gasteiger partial charge in [0.1, 0.15) is 11.2 Å². The highest BCUT2D eigenvalue weighted by molar-refractivity contribution is 6.06. The van der Waals surface area contributed by atoms with E-state index in [4.69, 9.17) is 4.42 Å². The molecule has 3 nitrogen and oxygen atoms in total. The molecule has 4 fully saturated rings. The smallest absolute Gasteiger partial charge is 0.135 e. The second-order valence-electron chi connectivity index (χ2n) is 16.5. The first-order valence-corrected chi connectivity index (χ1v) is 20.1. The van der Waals surface area contributed by atoms with Crippen LogP contribution in [0.5, 0.6) is 0 Å². The van der Waals surface area contributed by atoms with Crippen molar-refractivity contribution in [2.45, 2.75) is 43.9 Å². The van der Waals surface area contributed by atoms with Crippen LogP contribution in [0, 0.1) is 17.8 Å². The largest absolute Gasteiger partial charge is 0.456 e. The first kappa shape index (κ1) is 32.4. The van der Waals surface area contributed by atoms with E-state index in [1.54, 1.807) is 5.56 Å². The van der Waals surface area contributed by atoms with Crippen LogP contribution in [0.15, 0.2) is 180 Å². The summed E-state index contributed by atoms with van der Waals surface area (Å²) in [5.74, 6) is 2.88. The average molecular weight is 713 g/mol. The summed E-state index contributed by atoms with van der Waals surface area (Å²) in [7, 11) is 0. The lowest BCUT2D eigenvalue weighted by atomic mass is 9.48. The van der Waals surface area contributed by atoms with E-state index >= 15 is 0 Å². The molecule has 1 heterocycles. The third kappa shape index (κ3) is 5.72. The van der Waals surface area contributed by atoms with E-state index in [0.29, 0.717) is 5.41 Å². The lowest BCUT2D eigenvalue weighted by molar-refractivity contribution is -0.00518. The Morgan fingerprint density at radius 3 is 1.45 bits per heavy atom. The van der Waals surface area contributed by atoms with Crippen LogP contribution < -0.4 is 9.80 Å². The van der Waals surface area contributed by atoms with Gasteiger partial charge in [-0.2, -0.15) is 0 Å². The minimum Gasteiger partial charge on any atom is -0.456 e. The van der Waals surface area contributed by atoms with E-state index < -0.39 is 0 Å². The van der Waals surface area contributed by atoms with Gasteiger partial charge in [-0.25, -0.2) is 0 Å². The Hall–Kier alpha value is -6.06. The number of hydrogen-bond donors (Lipinski definition) is 0. The maximum absolute atomic E-state index is 6.21. The normalized spacial score (nSPS) is 21.3. The third-order valence-corrected chi connectivity index (χ3v) is 13.0. The molecule has 0 amide bonds. The Kier molecular flexibility index (Phi) is 7.69. The van der Waals surface area contributed by atoms with E-state index in [9.17, 15) is 0 Å². The summed E-state index contributed by atoms with van der Waals surface area (Å²) in [4.78, 5) is 4.70. The molecule has 0 aliphatic heterocycles. The summed E-state index contributed by atoms with van der Waals surface area (Å²) in [5.41, 5.74) is 12.9. The van der Waals surface area contributed by atoms with Crippen LogP contribution in [-0.4, -0.2) is 0 Å². The highest BCUT2D eigenvalue weighted by atomic mass is 16.3. The predicted octanol–water partition coefficient (Wildman–Crippen LogP) is 14.7. The Bertz CT molecular complexity index is 2590. The van der Waals surface area contributed by atoms with Gasteiger partial charge in [0.05, 0.1) is 0 Å². The molecule has 1 aromatic heterocycles. The van der Waals surface area contributed by atoms with Gasteiger partial charge in [0.2, 0.25) is 0 Å². The first-order chi connectivity index (χ1) is 27.2. The molecular formula is C52H44N2O. The topological polar surface area (TPSA) is 19.6 Å². The van der Waals surface area contributed by atoms with Gasteiger partial charge in [0.25, 0.3) is 0 Å². The van der Waals surface area contributed by atoms with E-state index in [1.807, 2.05) is 12.1 Å². The zero-order chi connectivity index (χ0) is 36.3. The molecular weight excluding hydrogens is 669 g/mol. The molecule has 4 aliphatic rings. The fourth-order valence-electron chi connectivity index (χ4n) is 11.0. The molecule has 8 aromatic rings. The van der Waals surface area contributed by atoms with Crippen molar-refractivity contribution < 1.29 is 4.42 Å². The fraction of sp³-hybridized carbons (Fsp3) is 0.192. The highest BCUT2D eigenvalue weighted by Crippen LogP contribution is 2.60. The molecule has 4 aliphatic carbocycles. The monoisotopic (exact) mass is 712 g/mol. The number of benzene rings is 7. The maximum Gasteiger partial charge on any atom is 0.135 e. The van der Waals surface area contributed by atoms with E-state index in [-0.39, 0.29) is 0 Å². The zero-order valence-corrected chi connectivity index (χ0v) is 31.0. The third-order valence-electron chi connectivity index (χ3n) is 13.0. The van der Waals surface area contributed by atoms with Gasteiger partial charge in [-0.3, -0.25) is 0 Å². The van der Waals surface area contributed by atoms with Gasteiger partial charge in [-0.1, -0.05) is 97.1 Å². The zero-order valence-electron chi connectivity index (χ0n) is 31.0. The second kappa shape index (κ2) is 13.1. The van der Waals surface area contributed by atoms with Gasteiger partial charge >= 0.3 is 0 Å². The lowest BCUT2D eigenvalue weighted by Crippen LogP contribution is -2.48. The minimum absolute atomic E-state index is 0.429. The van der Waals surface area contributed by atoms with Crippen molar-refractivity contribution in [3.8, 4) is 11.1 Å². The van der Waals surface area contributed by atoms with Crippen molar-refractivity contribution in [3.63, 3.8) is 0 Å². The van der Waals surface area contributed by atoms with Crippen LogP contribution in [0.3, 0.4) is 0 Å². The average Bonchev–Trinajstić information content (AvgIpc) is 3.60. The number of furan rings is 1. The Morgan fingerprint density at radius 1 is 0.382 bits per heavy atom. The van der Waals surface area contributed by atoms with Crippen LogP contribution in [-0.2, 0) is 5.41 Å². The Balaban J connectivity index is 0.945. The molecule has 0 N–H and O–H groups in total. The molecule has 4 saturated carbocycles. The van der Waals surface area contributed by atoms with Crippen LogP contribution in [0.25, 0.3) is 33.1 Å². The van der Waals surface area contributed by atoms with Gasteiger partial charge in [0, 0.05) is 44.9 Å². The van der Waals surface area contributed by atoms with Gasteiger partial charge in [-0.05, 0) is 157 Å². The number of nitrogens with zero attached hydrogens (tertiary/aromatic N) is 2. The van der Waals surface area contributed by atoms with E-state index in [0.717, 1.165) is 73.8 Å². The van der Waals surface area contributed by atoms with Crippen molar-refractivity contribution in [3.05, 3.63) is 181 Å². The van der Waals surface area contributed by atoms with Crippen molar-refractivity contribution in [1.82, 2.24) is 0 Å². The summed E-state index contributed by atoms with van der Waals surface area (Å²) in [6.07, 6.45) is 8.67. The summed E-state index contributed by atoms with van der Waals surface area (Å²) in [5, 5.41) is 2.23. The van der Waals surface area contributed by atoms with Crippen molar-refractivity contribution in [1.29, 1.82) is 0 Å². The summed E-state index contributed by atoms with van der Waals surface area (Å²) >= 11 is 0. The fourth-order valence-corrected chi connectivity index (χ4v) is 11.0. The van der Waals surface area contributed by atoms with Crippen molar-refractivity contribution >= 4 is 56.1 Å². The SMILES string of the molecule is c1ccc(N(c2ccc(-c3ccc(C45CC6CC(CC(C6)C4)C5)cc3)cc2)c2cccc(N(c3ccccc3)c3ccc4oc5ccccc5c4c3)c2)cc1. The molecule has 12 rings (SSSR count). The molecule has 0 radical (unpaired) electrons. The van der Waals surface area contributed by atoms with Gasteiger partial charge in [0.15, 0.2) is 0 Å². The first-order valence-electron chi connectivity index (χ1n) is 20.1. The molecule has 0 spiro atoms. The van der Waals surface area contributed by atoms with Crippen LogP contribution in [0.1, 0.15) is 44.1 Å². The van der Waals surface area contributed by atoms with Crippen LogP contribution in [0.2, 0.25) is 0 Å². The molecule has 0 saturated heterocycles. The molecule has 7 aromatic carbocycles. The second-order valence-corrected chi connectivity index (χ2v) is 16.5. The van der Waals surface area contributed by atoms with E-state index in [2.05, 4.69) is 174 Å². The lowest BCUT2D eigenvalue weighted by Gasteiger charge is -2.57. The van der Waals surface area contributed by atoms with E-state index in [1.165, 1.54) is 49.7 Å². The number of rotatable bonds is 8. The number of anilines is 6. The molecule has 4 bridgehead atoms. The van der Waals surface area contributed by atoms with Crippen molar-refractivity contribution in [2.75, 3.05) is 9.80 Å². The molecule has 55 heavy (non-hydrogen) atoms. The van der Waals surface area contributed by atoms with Gasteiger partial charge < -0.3 is 14.2 Å².